The molecule has 0 spiro atoms. The van der Waals surface area contributed by atoms with E-state index in [9.17, 15) is 4.79 Å². The van der Waals surface area contributed by atoms with Crippen LogP contribution in [-0.2, 0) is 0 Å². The summed E-state index contributed by atoms with van der Waals surface area (Å²) in [5.41, 5.74) is 0.777. The second-order valence-electron chi connectivity index (χ2n) is 3.31. The number of benzene rings is 1. The van der Waals surface area contributed by atoms with Crippen LogP contribution >= 0.6 is 35.1 Å². The van der Waals surface area contributed by atoms with Crippen LogP contribution in [0.4, 0.5) is 0 Å². The second kappa shape index (κ2) is 5.28. The fraction of sp³-hybridized carbons (Fsp3) is 0.364. The van der Waals surface area contributed by atoms with Gasteiger partial charge in [-0.15, -0.1) is 11.8 Å². The molecule has 1 fully saturated rings. The zero-order valence-corrected chi connectivity index (χ0v) is 10.5. The number of rotatable bonds is 2. The van der Waals surface area contributed by atoms with Crippen LogP contribution in [0.5, 0.6) is 0 Å². The molecule has 80 valence electrons. The molecule has 0 amide bonds. The highest BCUT2D eigenvalue weighted by Crippen LogP contribution is 2.27. The zero-order chi connectivity index (χ0) is 10.7. The fourth-order valence-corrected chi connectivity index (χ4v) is 4.20. The minimum absolute atomic E-state index is 0.130. The van der Waals surface area contributed by atoms with E-state index in [2.05, 4.69) is 0 Å². The summed E-state index contributed by atoms with van der Waals surface area (Å²) in [6.45, 7) is 0. The number of thioether (sulfide) groups is 2. The number of hydrogen-bond donors (Lipinski definition) is 0. The fourth-order valence-electron chi connectivity index (χ4n) is 1.44. The maximum absolute atomic E-state index is 12.0. The Morgan fingerprint density at radius 3 is 2.60 bits per heavy atom. The van der Waals surface area contributed by atoms with Crippen LogP contribution in [0.2, 0.25) is 5.02 Å². The van der Waals surface area contributed by atoms with Gasteiger partial charge in [0, 0.05) is 27.8 Å². The van der Waals surface area contributed by atoms with E-state index < -0.39 is 0 Å². The number of carbonyl (C=O) groups is 1. The molecule has 1 nitrogen and oxygen atoms in total. The Kier molecular flexibility index (Phi) is 4.00. The van der Waals surface area contributed by atoms with Gasteiger partial charge in [-0.25, -0.2) is 0 Å². The largest absolute Gasteiger partial charge is 0.293 e. The Morgan fingerprint density at radius 1 is 1.27 bits per heavy atom. The molecule has 4 heteroatoms. The van der Waals surface area contributed by atoms with E-state index in [1.165, 1.54) is 0 Å². The van der Waals surface area contributed by atoms with Crippen LogP contribution in [0.3, 0.4) is 0 Å². The Balaban J connectivity index is 2.09. The standard InChI is InChI=1S/C11H11ClOS2/c12-9-3-1-8(2-4-9)11(13)10-7-14-5-6-15-10/h1-4,10H,5-7H2. The average molecular weight is 259 g/mol. The number of Topliss-reactive ketones (excluding diaryl/α,β-unsaturated/α-hetero) is 1. The molecular formula is C11H11ClOS2. The summed E-state index contributed by atoms with van der Waals surface area (Å²) in [4.78, 5) is 12.0. The van der Waals surface area contributed by atoms with E-state index in [1.807, 2.05) is 23.9 Å². The number of carbonyl (C=O) groups excluding carboxylic acids is 1. The minimum atomic E-state index is 0.130. The zero-order valence-electron chi connectivity index (χ0n) is 8.11. The van der Waals surface area contributed by atoms with Gasteiger partial charge in [-0.3, -0.25) is 4.79 Å². The van der Waals surface area contributed by atoms with E-state index >= 15 is 0 Å². The summed E-state index contributed by atoms with van der Waals surface area (Å²) in [5.74, 6) is 3.42. The monoisotopic (exact) mass is 258 g/mol. The smallest absolute Gasteiger partial charge is 0.176 e. The lowest BCUT2D eigenvalue weighted by atomic mass is 10.1. The molecule has 1 aliphatic rings. The van der Waals surface area contributed by atoms with Crippen molar-refractivity contribution in [2.24, 2.45) is 0 Å². The van der Waals surface area contributed by atoms with Gasteiger partial charge in [-0.2, -0.15) is 11.8 Å². The molecule has 0 bridgehead atoms. The Hall–Kier alpha value is -0.120. The molecule has 1 aromatic carbocycles. The first-order valence-corrected chi connectivity index (χ1v) is 7.34. The predicted molar refractivity (Wildman–Crippen MR) is 69.4 cm³/mol. The van der Waals surface area contributed by atoms with Crippen LogP contribution in [0.15, 0.2) is 24.3 Å². The van der Waals surface area contributed by atoms with E-state index in [4.69, 9.17) is 11.6 Å². The molecule has 1 heterocycles. The van der Waals surface area contributed by atoms with Gasteiger partial charge in [0.05, 0.1) is 5.25 Å². The van der Waals surface area contributed by atoms with Gasteiger partial charge in [0.25, 0.3) is 0 Å². The van der Waals surface area contributed by atoms with Gasteiger partial charge >= 0.3 is 0 Å². The van der Waals surface area contributed by atoms with Crippen molar-refractivity contribution >= 4 is 40.9 Å². The first-order valence-electron chi connectivity index (χ1n) is 4.76. The molecule has 0 N–H and O–H groups in total. The lowest BCUT2D eigenvalue weighted by Gasteiger charge is -2.19. The lowest BCUT2D eigenvalue weighted by Crippen LogP contribution is -2.24. The summed E-state index contributed by atoms with van der Waals surface area (Å²) in [5, 5.41) is 0.808. The SMILES string of the molecule is O=C(c1ccc(Cl)cc1)C1CSCCS1. The first-order chi connectivity index (χ1) is 7.27. The van der Waals surface area contributed by atoms with Crippen molar-refractivity contribution in [3.63, 3.8) is 0 Å². The van der Waals surface area contributed by atoms with Crippen LogP contribution in [0, 0.1) is 0 Å². The van der Waals surface area contributed by atoms with Crippen LogP contribution in [0.25, 0.3) is 0 Å². The second-order valence-corrected chi connectivity index (χ2v) is 6.20. The third-order valence-corrected chi connectivity index (χ3v) is 5.24. The van der Waals surface area contributed by atoms with Gasteiger partial charge in [0.1, 0.15) is 0 Å². The Morgan fingerprint density at radius 2 is 2.00 bits per heavy atom. The highest BCUT2D eigenvalue weighted by Gasteiger charge is 2.22. The van der Waals surface area contributed by atoms with Crippen molar-refractivity contribution in [1.29, 1.82) is 0 Å². The van der Waals surface area contributed by atoms with Gasteiger partial charge in [-0.05, 0) is 24.3 Å². The topological polar surface area (TPSA) is 17.1 Å². The van der Waals surface area contributed by atoms with Gasteiger partial charge in [0.2, 0.25) is 0 Å². The molecule has 1 unspecified atom stereocenters. The van der Waals surface area contributed by atoms with Gasteiger partial charge < -0.3 is 0 Å². The van der Waals surface area contributed by atoms with Crippen molar-refractivity contribution in [1.82, 2.24) is 0 Å². The highest BCUT2D eigenvalue weighted by molar-refractivity contribution is 8.07. The van der Waals surface area contributed by atoms with E-state index in [1.54, 1.807) is 23.9 Å². The summed E-state index contributed by atoms with van der Waals surface area (Å²) in [7, 11) is 0. The van der Waals surface area contributed by atoms with Crippen LogP contribution in [-0.4, -0.2) is 28.3 Å². The van der Waals surface area contributed by atoms with Crippen LogP contribution < -0.4 is 0 Å². The quantitative estimate of drug-likeness (QED) is 0.757. The van der Waals surface area contributed by atoms with E-state index in [0.717, 1.165) is 22.8 Å². The molecule has 1 atom stereocenters. The van der Waals surface area contributed by atoms with E-state index in [-0.39, 0.29) is 11.0 Å². The summed E-state index contributed by atoms with van der Waals surface area (Å²) in [6, 6.07) is 7.17. The number of hydrogen-bond acceptors (Lipinski definition) is 3. The minimum Gasteiger partial charge on any atom is -0.293 e. The molecule has 1 aromatic rings. The number of halogens is 1. The number of ketones is 1. The normalized spacial score (nSPS) is 21.3. The molecule has 0 saturated carbocycles. The molecule has 0 radical (unpaired) electrons. The molecule has 0 aliphatic carbocycles. The maximum Gasteiger partial charge on any atom is 0.176 e. The maximum atomic E-state index is 12.0. The van der Waals surface area contributed by atoms with Gasteiger partial charge in [0.15, 0.2) is 5.78 Å². The van der Waals surface area contributed by atoms with Crippen LogP contribution in [0.1, 0.15) is 10.4 Å². The van der Waals surface area contributed by atoms with E-state index in [0.29, 0.717) is 5.02 Å². The van der Waals surface area contributed by atoms with Crippen molar-refractivity contribution in [3.8, 4) is 0 Å². The summed E-state index contributed by atoms with van der Waals surface area (Å²) in [6.07, 6.45) is 0. The summed E-state index contributed by atoms with van der Waals surface area (Å²) < 4.78 is 0. The molecular weight excluding hydrogens is 248 g/mol. The van der Waals surface area contributed by atoms with Crippen molar-refractivity contribution in [2.75, 3.05) is 17.3 Å². The van der Waals surface area contributed by atoms with Crippen molar-refractivity contribution < 1.29 is 4.79 Å². The first kappa shape index (κ1) is 11.4. The molecule has 15 heavy (non-hydrogen) atoms. The molecule has 1 aliphatic heterocycles. The highest BCUT2D eigenvalue weighted by atomic mass is 35.5. The van der Waals surface area contributed by atoms with Crippen molar-refractivity contribution in [3.05, 3.63) is 34.9 Å². The molecule has 1 saturated heterocycles. The van der Waals surface area contributed by atoms with Gasteiger partial charge in [-0.1, -0.05) is 11.6 Å². The van der Waals surface area contributed by atoms with Crippen molar-refractivity contribution in [2.45, 2.75) is 5.25 Å². The Bertz CT molecular complexity index is 344. The lowest BCUT2D eigenvalue weighted by molar-refractivity contribution is 0.0995. The third kappa shape index (κ3) is 2.92. The predicted octanol–water partition coefficient (Wildman–Crippen LogP) is 3.37. The summed E-state index contributed by atoms with van der Waals surface area (Å²) >= 11 is 9.41. The third-order valence-electron chi connectivity index (χ3n) is 2.24. The Labute approximate surface area is 103 Å². The molecule has 2 rings (SSSR count). The average Bonchev–Trinajstić information content (AvgIpc) is 2.30. The molecule has 0 aromatic heterocycles.